The van der Waals surface area contributed by atoms with Crippen LogP contribution in [0.5, 0.6) is 0 Å². The van der Waals surface area contributed by atoms with Crippen LogP contribution in [0.25, 0.3) is 0 Å². The molecule has 0 aliphatic carbocycles. The minimum absolute atomic E-state index is 0.102. The lowest BCUT2D eigenvalue weighted by Gasteiger charge is -2.32. The van der Waals surface area contributed by atoms with E-state index in [1.165, 1.54) is 0 Å². The molecule has 0 aliphatic rings. The Balaban J connectivity index is 2.52. The zero-order valence-electron chi connectivity index (χ0n) is 13.1. The molecule has 0 radical (unpaired) electrons. The zero-order valence-corrected chi connectivity index (χ0v) is 14.9. The van der Waals surface area contributed by atoms with E-state index < -0.39 is 12.3 Å². The van der Waals surface area contributed by atoms with Crippen LogP contribution < -0.4 is 0 Å². The standard InChI is InChI=1S/C17H20FO3PS/c1-3-20-22(19,21-4-2)17(18,15-11-7-5-8-12-15)23-16-13-9-6-10-14-16/h5-14H,3-4H2,1-2H3. The van der Waals surface area contributed by atoms with Crippen LogP contribution in [0.1, 0.15) is 19.4 Å². The zero-order chi connectivity index (χ0) is 16.8. The number of hydrogen-bond donors (Lipinski definition) is 0. The van der Waals surface area contributed by atoms with Gasteiger partial charge in [-0.05, 0) is 26.0 Å². The maximum absolute atomic E-state index is 16.1. The fourth-order valence-electron chi connectivity index (χ4n) is 2.10. The van der Waals surface area contributed by atoms with Crippen molar-refractivity contribution in [3.05, 3.63) is 66.2 Å². The normalized spacial score (nSPS) is 14.4. The van der Waals surface area contributed by atoms with Gasteiger partial charge in [-0.15, -0.1) is 0 Å². The fourth-order valence-corrected chi connectivity index (χ4v) is 5.60. The molecule has 3 nitrogen and oxygen atoms in total. The van der Waals surface area contributed by atoms with E-state index in [-0.39, 0.29) is 18.8 Å². The molecule has 0 bridgehead atoms. The van der Waals surface area contributed by atoms with Gasteiger partial charge in [0, 0.05) is 10.5 Å². The summed E-state index contributed by atoms with van der Waals surface area (Å²) >= 11 is 0.851. The Bertz CT molecular complexity index is 643. The van der Waals surface area contributed by atoms with Gasteiger partial charge in [-0.2, -0.15) is 0 Å². The highest BCUT2D eigenvalue weighted by atomic mass is 32.2. The highest BCUT2D eigenvalue weighted by molar-refractivity contribution is 8.05. The molecule has 0 spiro atoms. The predicted octanol–water partition coefficient (Wildman–Crippen LogP) is 5.82. The van der Waals surface area contributed by atoms with E-state index in [4.69, 9.17) is 9.05 Å². The topological polar surface area (TPSA) is 35.5 Å². The fraction of sp³-hybridized carbons (Fsp3) is 0.294. The molecule has 2 aromatic carbocycles. The summed E-state index contributed by atoms with van der Waals surface area (Å²) in [5.41, 5.74) is 0.263. The van der Waals surface area contributed by atoms with Gasteiger partial charge in [-0.1, -0.05) is 60.3 Å². The van der Waals surface area contributed by atoms with E-state index in [2.05, 4.69) is 0 Å². The third kappa shape index (κ3) is 4.04. The largest absolute Gasteiger partial charge is 0.382 e. The minimum Gasteiger partial charge on any atom is -0.306 e. The molecule has 2 rings (SSSR count). The summed E-state index contributed by atoms with van der Waals surface area (Å²) in [5.74, 6) is 0. The Morgan fingerprint density at radius 1 is 0.957 bits per heavy atom. The number of rotatable bonds is 8. The van der Waals surface area contributed by atoms with E-state index in [1.807, 2.05) is 6.07 Å². The minimum atomic E-state index is -4.03. The summed E-state index contributed by atoms with van der Waals surface area (Å²) in [6.07, 6.45) is 0. The molecule has 0 N–H and O–H groups in total. The third-order valence-electron chi connectivity index (χ3n) is 3.08. The van der Waals surface area contributed by atoms with E-state index in [0.717, 1.165) is 11.8 Å². The lowest BCUT2D eigenvalue weighted by Crippen LogP contribution is -2.20. The molecule has 6 heteroatoms. The van der Waals surface area contributed by atoms with Crippen LogP contribution in [-0.4, -0.2) is 13.2 Å². The summed E-state index contributed by atoms with van der Waals surface area (Å²) in [6.45, 7) is 3.55. The molecule has 1 unspecified atom stereocenters. The Kier molecular flexibility index (Phi) is 6.42. The number of alkyl halides is 1. The lowest BCUT2D eigenvalue weighted by molar-refractivity contribution is 0.180. The molecular weight excluding hydrogens is 334 g/mol. The van der Waals surface area contributed by atoms with Crippen LogP contribution in [0, 0.1) is 0 Å². The van der Waals surface area contributed by atoms with Crippen molar-refractivity contribution in [1.29, 1.82) is 0 Å². The predicted molar refractivity (Wildman–Crippen MR) is 92.4 cm³/mol. The average Bonchev–Trinajstić information content (AvgIpc) is 2.57. The summed E-state index contributed by atoms with van der Waals surface area (Å²) in [7, 11) is -4.03. The summed E-state index contributed by atoms with van der Waals surface area (Å²) < 4.78 is 37.6. The number of hydrogen-bond acceptors (Lipinski definition) is 4. The summed E-state index contributed by atoms with van der Waals surface area (Å²) in [5, 5.41) is 0. The average molecular weight is 354 g/mol. The molecule has 0 heterocycles. The second-order valence-electron chi connectivity index (χ2n) is 4.68. The molecule has 2 aromatic rings. The van der Waals surface area contributed by atoms with Gasteiger partial charge < -0.3 is 9.05 Å². The molecule has 1 atom stereocenters. The highest BCUT2D eigenvalue weighted by Gasteiger charge is 2.54. The highest BCUT2D eigenvalue weighted by Crippen LogP contribution is 2.71. The lowest BCUT2D eigenvalue weighted by atomic mass is 10.2. The molecule has 0 amide bonds. The quantitative estimate of drug-likeness (QED) is 0.442. The number of benzene rings is 2. The third-order valence-corrected chi connectivity index (χ3v) is 7.19. The van der Waals surface area contributed by atoms with Crippen molar-refractivity contribution in [3.8, 4) is 0 Å². The van der Waals surface area contributed by atoms with Crippen molar-refractivity contribution in [2.24, 2.45) is 0 Å². The SMILES string of the molecule is CCOP(=O)(OCC)C(F)(Sc1ccccc1)c1ccccc1. The Labute approximate surface area is 140 Å². The first kappa shape index (κ1) is 18.2. The summed E-state index contributed by atoms with van der Waals surface area (Å²) in [4.78, 5) is 0.651. The van der Waals surface area contributed by atoms with Crippen LogP contribution in [-0.2, 0) is 18.4 Å². The van der Waals surface area contributed by atoms with Crippen LogP contribution >= 0.6 is 19.4 Å². The molecular formula is C17H20FO3PS. The smallest absolute Gasteiger partial charge is 0.306 e. The van der Waals surface area contributed by atoms with Crippen molar-refractivity contribution >= 4 is 19.4 Å². The number of thioether (sulfide) groups is 1. The van der Waals surface area contributed by atoms with E-state index in [0.29, 0.717) is 4.90 Å². The molecule has 0 saturated heterocycles. The molecule has 0 aliphatic heterocycles. The maximum Gasteiger partial charge on any atom is 0.382 e. The second-order valence-corrected chi connectivity index (χ2v) is 8.34. The van der Waals surface area contributed by atoms with Crippen molar-refractivity contribution in [1.82, 2.24) is 0 Å². The molecule has 0 fully saturated rings. The van der Waals surface area contributed by atoms with E-state index in [9.17, 15) is 4.57 Å². The molecule has 0 saturated carbocycles. The monoisotopic (exact) mass is 354 g/mol. The molecule has 0 aromatic heterocycles. The molecule has 23 heavy (non-hydrogen) atoms. The van der Waals surface area contributed by atoms with Gasteiger partial charge in [0.1, 0.15) is 0 Å². The van der Waals surface area contributed by atoms with Crippen LogP contribution in [0.15, 0.2) is 65.6 Å². The van der Waals surface area contributed by atoms with Crippen molar-refractivity contribution in [3.63, 3.8) is 0 Å². The van der Waals surface area contributed by atoms with Gasteiger partial charge in [0.15, 0.2) is 0 Å². The van der Waals surface area contributed by atoms with Crippen LogP contribution in [0.2, 0.25) is 0 Å². The van der Waals surface area contributed by atoms with E-state index >= 15 is 4.39 Å². The van der Waals surface area contributed by atoms with Crippen molar-refractivity contribution in [2.75, 3.05) is 13.2 Å². The first-order chi connectivity index (χ1) is 11.1. The first-order valence-electron chi connectivity index (χ1n) is 7.43. The maximum atomic E-state index is 16.1. The van der Waals surface area contributed by atoms with Gasteiger partial charge >= 0.3 is 7.60 Å². The van der Waals surface area contributed by atoms with Gasteiger partial charge in [-0.3, -0.25) is 4.57 Å². The van der Waals surface area contributed by atoms with Crippen LogP contribution in [0.4, 0.5) is 4.39 Å². The number of halogens is 1. The Morgan fingerprint density at radius 2 is 1.43 bits per heavy atom. The van der Waals surface area contributed by atoms with Gasteiger partial charge in [0.25, 0.3) is 4.74 Å². The van der Waals surface area contributed by atoms with Crippen LogP contribution in [0.3, 0.4) is 0 Å². The first-order valence-corrected chi connectivity index (χ1v) is 9.79. The van der Waals surface area contributed by atoms with Crippen molar-refractivity contribution in [2.45, 2.75) is 23.5 Å². The van der Waals surface area contributed by atoms with Crippen molar-refractivity contribution < 1.29 is 18.0 Å². The molecule has 124 valence electrons. The van der Waals surface area contributed by atoms with Gasteiger partial charge in [0.2, 0.25) is 0 Å². The second kappa shape index (κ2) is 8.11. The van der Waals surface area contributed by atoms with Gasteiger partial charge in [-0.25, -0.2) is 4.39 Å². The Hall–Kier alpha value is -1.13. The van der Waals surface area contributed by atoms with E-state index in [1.54, 1.807) is 68.4 Å². The summed E-state index contributed by atoms with van der Waals surface area (Å²) in [6, 6.07) is 17.4. The van der Waals surface area contributed by atoms with Gasteiger partial charge in [0.05, 0.1) is 13.2 Å². The Morgan fingerprint density at radius 3 is 1.91 bits per heavy atom.